The minimum Gasteiger partial charge on any atom is -0.333 e. The van der Waals surface area contributed by atoms with Crippen LogP contribution in [0.5, 0.6) is 0 Å². The van der Waals surface area contributed by atoms with E-state index in [1.807, 2.05) is 19.3 Å². The first-order chi connectivity index (χ1) is 7.02. The predicted octanol–water partition coefficient (Wildman–Crippen LogP) is 0.353. The molecule has 0 amide bonds. The van der Waals surface area contributed by atoms with Crippen LogP contribution < -0.4 is 5.14 Å². The molecule has 0 spiro atoms. The van der Waals surface area contributed by atoms with Gasteiger partial charge in [0.25, 0.3) is 0 Å². The number of rotatable bonds is 0. The molecule has 0 aliphatic rings. The van der Waals surface area contributed by atoms with E-state index in [-0.39, 0.29) is 0 Å². The molecule has 0 aliphatic carbocycles. The third kappa shape index (κ3) is 3.03. The molecule has 2 rings (SSSR count). The summed E-state index contributed by atoms with van der Waals surface area (Å²) in [6, 6.07) is 6.18. The van der Waals surface area contributed by atoms with Crippen molar-refractivity contribution in [2.75, 3.05) is 0 Å². The number of aromatic nitrogens is 2. The van der Waals surface area contributed by atoms with Gasteiger partial charge >= 0.3 is 0 Å². The van der Waals surface area contributed by atoms with Gasteiger partial charge < -0.3 is 4.57 Å². The van der Waals surface area contributed by atoms with Gasteiger partial charge in [-0.2, -0.15) is 0 Å². The maximum atomic E-state index is 8.81. The molecular formula is C9H13N3O2S. The lowest BCUT2D eigenvalue weighted by Gasteiger charge is -1.95. The number of thiol groups is 1. The van der Waals surface area contributed by atoms with Gasteiger partial charge in [-0.1, -0.05) is 0 Å². The van der Waals surface area contributed by atoms with Crippen LogP contribution in [0.25, 0.3) is 11.0 Å². The fraction of sp³-hybridized carbons (Fsp3) is 0.222. The topological polar surface area (TPSA) is 78.0 Å². The summed E-state index contributed by atoms with van der Waals surface area (Å²) in [6.45, 7) is 2.08. The van der Waals surface area contributed by atoms with Crippen LogP contribution in [0, 0.1) is 6.92 Å². The first-order valence-electron chi connectivity index (χ1n) is 4.28. The SMILES string of the molecule is Cc1cc2cccnc2n1C.N[SH](=O)=O. The summed E-state index contributed by atoms with van der Waals surface area (Å²) in [5.74, 6) is 0. The highest BCUT2D eigenvalue weighted by molar-refractivity contribution is 7.69. The monoisotopic (exact) mass is 227 g/mol. The molecule has 0 saturated carbocycles. The molecule has 2 aromatic rings. The lowest BCUT2D eigenvalue weighted by molar-refractivity contribution is 0.616. The van der Waals surface area contributed by atoms with Crippen LogP contribution in [0.15, 0.2) is 24.4 Å². The summed E-state index contributed by atoms with van der Waals surface area (Å²) < 4.78 is 19.7. The number of nitrogens with two attached hydrogens (primary N) is 1. The van der Waals surface area contributed by atoms with Crippen molar-refractivity contribution in [2.45, 2.75) is 6.92 Å². The Morgan fingerprint density at radius 3 is 2.60 bits per heavy atom. The third-order valence-electron chi connectivity index (χ3n) is 2.03. The number of fused-ring (bicyclic) bond motifs is 1. The van der Waals surface area contributed by atoms with E-state index in [1.165, 1.54) is 11.1 Å². The Hall–Kier alpha value is -1.40. The van der Waals surface area contributed by atoms with Crippen molar-refractivity contribution in [1.82, 2.24) is 9.55 Å². The van der Waals surface area contributed by atoms with E-state index in [0.29, 0.717) is 0 Å². The fourth-order valence-electron chi connectivity index (χ4n) is 1.29. The van der Waals surface area contributed by atoms with Crippen molar-refractivity contribution in [1.29, 1.82) is 0 Å². The summed E-state index contributed by atoms with van der Waals surface area (Å²) in [6.07, 6.45) is 1.82. The zero-order valence-electron chi connectivity index (χ0n) is 8.54. The van der Waals surface area contributed by atoms with E-state index in [4.69, 9.17) is 8.42 Å². The van der Waals surface area contributed by atoms with Crippen LogP contribution in [-0.4, -0.2) is 18.0 Å². The van der Waals surface area contributed by atoms with Crippen LogP contribution in [0.2, 0.25) is 0 Å². The second kappa shape index (κ2) is 4.90. The summed E-state index contributed by atoms with van der Waals surface area (Å²) in [5, 5.41) is 5.28. The highest BCUT2D eigenvalue weighted by atomic mass is 32.2. The molecule has 0 saturated heterocycles. The predicted molar refractivity (Wildman–Crippen MR) is 60.0 cm³/mol. The molecule has 5 nitrogen and oxygen atoms in total. The Labute approximate surface area is 89.6 Å². The lowest BCUT2D eigenvalue weighted by Crippen LogP contribution is -1.90. The van der Waals surface area contributed by atoms with E-state index in [1.54, 1.807) is 0 Å². The third-order valence-corrected chi connectivity index (χ3v) is 2.03. The summed E-state index contributed by atoms with van der Waals surface area (Å²) in [7, 11) is -0.588. The maximum absolute atomic E-state index is 8.81. The standard InChI is InChI=1S/C9H10N2.H3NO2S/c1-7-6-8-4-3-5-10-9(8)11(7)2;1-4(2)3/h3-6H,1-2H3;4H,(H2,1,2,3). The minimum absolute atomic E-state index is 1.06. The van der Waals surface area contributed by atoms with Crippen LogP contribution in [0.1, 0.15) is 5.69 Å². The minimum atomic E-state index is -2.62. The zero-order chi connectivity index (χ0) is 11.4. The highest BCUT2D eigenvalue weighted by Gasteiger charge is 1.99. The van der Waals surface area contributed by atoms with Gasteiger partial charge in [0.15, 0.2) is 10.9 Å². The van der Waals surface area contributed by atoms with Crippen LogP contribution in [0.3, 0.4) is 0 Å². The molecule has 0 atom stereocenters. The molecule has 0 aliphatic heterocycles. The van der Waals surface area contributed by atoms with Crippen LogP contribution in [0.4, 0.5) is 0 Å². The number of hydrogen-bond acceptors (Lipinski definition) is 3. The molecule has 0 aromatic carbocycles. The first-order valence-corrected chi connectivity index (χ1v) is 5.53. The molecule has 0 bridgehead atoms. The number of aryl methyl sites for hydroxylation is 2. The molecule has 0 unspecified atom stereocenters. The number of nitrogens with zero attached hydrogens (tertiary/aromatic N) is 2. The quantitative estimate of drug-likeness (QED) is 0.638. The van der Waals surface area contributed by atoms with E-state index < -0.39 is 10.9 Å². The van der Waals surface area contributed by atoms with Gasteiger partial charge in [-0.25, -0.2) is 18.5 Å². The molecule has 82 valence electrons. The van der Waals surface area contributed by atoms with E-state index in [0.717, 1.165) is 5.65 Å². The number of pyridine rings is 1. The van der Waals surface area contributed by atoms with Crippen molar-refractivity contribution >= 4 is 21.9 Å². The van der Waals surface area contributed by atoms with Crippen LogP contribution >= 0.6 is 0 Å². The van der Waals surface area contributed by atoms with Gasteiger partial charge in [0.05, 0.1) is 0 Å². The van der Waals surface area contributed by atoms with Crippen molar-refractivity contribution in [3.05, 3.63) is 30.1 Å². The highest BCUT2D eigenvalue weighted by Crippen LogP contribution is 2.14. The lowest BCUT2D eigenvalue weighted by atomic mass is 10.3. The molecule has 6 heteroatoms. The molecule has 2 aromatic heterocycles. The Bertz CT molecular complexity index is 523. The molecule has 2 N–H and O–H groups in total. The van der Waals surface area contributed by atoms with Crippen molar-refractivity contribution in [3.8, 4) is 0 Å². The molecule has 15 heavy (non-hydrogen) atoms. The molecule has 0 fully saturated rings. The van der Waals surface area contributed by atoms with Crippen molar-refractivity contribution in [2.24, 2.45) is 12.2 Å². The summed E-state index contributed by atoms with van der Waals surface area (Å²) in [5.41, 5.74) is 2.31. The molecule has 2 heterocycles. The Balaban J connectivity index is 0.000000245. The summed E-state index contributed by atoms with van der Waals surface area (Å²) in [4.78, 5) is 4.26. The first kappa shape index (κ1) is 11.7. The zero-order valence-corrected chi connectivity index (χ0v) is 9.44. The normalized spacial score (nSPS) is 10.1. The number of hydrogen-bond donors (Lipinski definition) is 2. The van der Waals surface area contributed by atoms with Crippen molar-refractivity contribution in [3.63, 3.8) is 0 Å². The molecular weight excluding hydrogens is 214 g/mol. The van der Waals surface area contributed by atoms with Gasteiger partial charge in [-0.15, -0.1) is 0 Å². The average Bonchev–Trinajstić information content (AvgIpc) is 2.43. The second-order valence-corrected chi connectivity index (χ2v) is 3.62. The average molecular weight is 227 g/mol. The Morgan fingerprint density at radius 1 is 1.47 bits per heavy atom. The van der Waals surface area contributed by atoms with E-state index >= 15 is 0 Å². The van der Waals surface area contributed by atoms with E-state index in [9.17, 15) is 0 Å². The van der Waals surface area contributed by atoms with Gasteiger partial charge in [0.1, 0.15) is 5.65 Å². The van der Waals surface area contributed by atoms with Crippen molar-refractivity contribution < 1.29 is 8.42 Å². The van der Waals surface area contributed by atoms with E-state index in [2.05, 4.69) is 33.7 Å². The van der Waals surface area contributed by atoms with Gasteiger partial charge in [-0.3, -0.25) is 0 Å². The van der Waals surface area contributed by atoms with Crippen LogP contribution in [-0.2, 0) is 17.9 Å². The van der Waals surface area contributed by atoms with Gasteiger partial charge in [0, 0.05) is 24.3 Å². The fourth-order valence-corrected chi connectivity index (χ4v) is 1.29. The summed E-state index contributed by atoms with van der Waals surface area (Å²) >= 11 is 0. The van der Waals surface area contributed by atoms with Gasteiger partial charge in [0.2, 0.25) is 0 Å². The maximum Gasteiger partial charge on any atom is 0.198 e. The Morgan fingerprint density at radius 2 is 2.07 bits per heavy atom. The molecule has 0 radical (unpaired) electrons. The second-order valence-electron chi connectivity index (χ2n) is 3.05. The van der Waals surface area contributed by atoms with Gasteiger partial charge in [-0.05, 0) is 25.1 Å². The smallest absolute Gasteiger partial charge is 0.198 e. The largest absolute Gasteiger partial charge is 0.333 e. The Kier molecular flexibility index (Phi) is 3.81.